The van der Waals surface area contributed by atoms with Crippen LogP contribution in [0.5, 0.6) is 0 Å². The van der Waals surface area contributed by atoms with Gasteiger partial charge in [0, 0.05) is 24.1 Å². The number of carbonyl (C=O) groups is 1. The summed E-state index contributed by atoms with van der Waals surface area (Å²) in [7, 11) is 0. The molecule has 1 aromatic rings. The molecule has 0 spiro atoms. The zero-order chi connectivity index (χ0) is 30.9. The number of ketones is 1. The summed E-state index contributed by atoms with van der Waals surface area (Å²) in [5, 5.41) is 3.92. The van der Waals surface area contributed by atoms with Crippen molar-refractivity contribution < 1.29 is 9.21 Å². The Bertz CT molecular complexity index is 1320. The highest BCUT2D eigenvalue weighted by Crippen LogP contribution is 2.70. The van der Waals surface area contributed by atoms with Gasteiger partial charge in [0.1, 0.15) is 0 Å². The smallest absolute Gasteiger partial charge is 0.198 e. The number of Topliss-reactive ketones (excluding diaryl/α,β-unsaturated/α-hetero) is 1. The van der Waals surface area contributed by atoms with Crippen LogP contribution in [0.3, 0.4) is 0 Å². The third-order valence-corrected chi connectivity index (χ3v) is 11.5. The van der Waals surface area contributed by atoms with E-state index in [0.717, 1.165) is 54.5 Å². The van der Waals surface area contributed by atoms with Gasteiger partial charge in [-0.2, -0.15) is 0 Å². The molecular weight excluding hydrogens is 526 g/mol. The molecule has 2 fully saturated rings. The van der Waals surface area contributed by atoms with Crippen LogP contribution in [-0.2, 0) is 0 Å². The van der Waals surface area contributed by atoms with Crippen molar-refractivity contribution in [2.75, 3.05) is 6.54 Å². The van der Waals surface area contributed by atoms with Crippen LogP contribution in [0.15, 0.2) is 51.2 Å². The molecule has 0 amide bonds. The molecule has 0 saturated heterocycles. The fourth-order valence-corrected chi connectivity index (χ4v) is 9.32. The highest BCUT2D eigenvalue weighted by molar-refractivity contribution is 5.94. The Morgan fingerprint density at radius 2 is 2.02 bits per heavy atom. The summed E-state index contributed by atoms with van der Waals surface area (Å²) in [4.78, 5) is 12.9. The van der Waals surface area contributed by atoms with E-state index in [1.165, 1.54) is 44.1 Å². The van der Waals surface area contributed by atoms with Gasteiger partial charge in [-0.1, -0.05) is 70.4 Å². The van der Waals surface area contributed by atoms with E-state index >= 15 is 0 Å². The molecule has 1 N–H and O–H groups in total. The first kappa shape index (κ1) is 32.1. The molecule has 3 nitrogen and oxygen atoms in total. The maximum Gasteiger partial charge on any atom is 0.198 e. The molecule has 7 unspecified atom stereocenters. The summed E-state index contributed by atoms with van der Waals surface area (Å²) in [6, 6.07) is 1.89. The molecule has 7 atom stereocenters. The van der Waals surface area contributed by atoms with Crippen molar-refractivity contribution in [1.82, 2.24) is 5.32 Å². The van der Waals surface area contributed by atoms with Gasteiger partial charge in [0.05, 0.1) is 6.26 Å². The molecule has 234 valence electrons. The quantitative estimate of drug-likeness (QED) is 0.197. The molecule has 0 radical (unpaired) electrons. The van der Waals surface area contributed by atoms with E-state index in [0.29, 0.717) is 29.9 Å². The number of nitrogens with one attached hydrogen (secondary N) is 1. The van der Waals surface area contributed by atoms with Crippen molar-refractivity contribution in [1.29, 1.82) is 0 Å². The van der Waals surface area contributed by atoms with Gasteiger partial charge < -0.3 is 9.73 Å². The van der Waals surface area contributed by atoms with Crippen molar-refractivity contribution in [3.63, 3.8) is 0 Å². The molecule has 0 bridgehead atoms. The summed E-state index contributed by atoms with van der Waals surface area (Å²) in [5.74, 6) is 13.8. The van der Waals surface area contributed by atoms with Gasteiger partial charge in [-0.3, -0.25) is 4.79 Å². The van der Waals surface area contributed by atoms with Crippen LogP contribution in [0.1, 0.15) is 122 Å². The first-order valence-corrected chi connectivity index (χ1v) is 17.5. The van der Waals surface area contributed by atoms with Crippen LogP contribution in [0.2, 0.25) is 0 Å². The van der Waals surface area contributed by atoms with Crippen molar-refractivity contribution in [3.05, 3.63) is 58.1 Å². The number of hydrogen-bond acceptors (Lipinski definition) is 3. The number of rotatable bonds is 12. The number of unbranched alkanes of at least 4 members (excludes halogenated alkanes) is 1. The van der Waals surface area contributed by atoms with Gasteiger partial charge in [0.2, 0.25) is 0 Å². The fourth-order valence-electron chi connectivity index (χ4n) is 9.32. The predicted molar refractivity (Wildman–Crippen MR) is 179 cm³/mol. The zero-order valence-corrected chi connectivity index (χ0v) is 28.3. The summed E-state index contributed by atoms with van der Waals surface area (Å²) in [6.07, 6.45) is 15.8. The van der Waals surface area contributed by atoms with E-state index in [-0.39, 0.29) is 11.3 Å². The lowest BCUT2D eigenvalue weighted by Crippen LogP contribution is -2.62. The maximum atomic E-state index is 12.9. The zero-order valence-electron chi connectivity index (χ0n) is 28.3. The molecule has 3 heteroatoms. The first-order chi connectivity index (χ1) is 20.6. The highest BCUT2D eigenvalue weighted by atomic mass is 16.3. The second-order valence-corrected chi connectivity index (χ2v) is 15.5. The summed E-state index contributed by atoms with van der Waals surface area (Å²) in [5.41, 5.74) is 7.46. The second kappa shape index (κ2) is 13.4. The lowest BCUT2D eigenvalue weighted by Gasteiger charge is -2.66. The lowest BCUT2D eigenvalue weighted by atomic mass is 9.38. The molecule has 1 aromatic heterocycles. The fraction of sp³-hybridized carbons (Fsp3) is 0.675. The predicted octanol–water partition coefficient (Wildman–Crippen LogP) is 9.89. The minimum absolute atomic E-state index is 0.0896. The molecule has 0 aromatic carbocycles. The van der Waals surface area contributed by atoms with Crippen LogP contribution in [0.25, 0.3) is 0 Å². The standard InChI is InChI=1S/C40H57NO2/c1-9-11-13-15-29-30(21-28(14-12-10-2)20-26(5)16-17-35(42)39-27(6)18-19-43-39)31-22-32-36(25(3)4)38(37(31)32)34-24-41-40(7,8)23-33(29)34/h9,11,18-19,25-26,28,31-32,36-38,41H,10,12,14,16-17,20-24H2,1-8H3. The van der Waals surface area contributed by atoms with E-state index in [9.17, 15) is 4.79 Å². The third kappa shape index (κ3) is 6.56. The average molecular weight is 584 g/mol. The molecule has 43 heavy (non-hydrogen) atoms. The van der Waals surface area contributed by atoms with Crippen LogP contribution < -0.4 is 5.32 Å². The third-order valence-electron chi connectivity index (χ3n) is 11.5. The molecular formula is C40H57NO2. The van der Waals surface area contributed by atoms with Gasteiger partial charge in [0.15, 0.2) is 11.5 Å². The van der Waals surface area contributed by atoms with Crippen LogP contribution in [-0.4, -0.2) is 17.9 Å². The monoisotopic (exact) mass is 583 g/mol. The SMILES string of the molecule is CC=CC#CC1=C(CC(CCCC)CC(C)CCC(=O)c2occc2C)C2CC3C(C(C)C)C(C4=C1CC(C)(C)NC4)C23. The average Bonchev–Trinajstić information content (AvgIpc) is 3.37. The van der Waals surface area contributed by atoms with E-state index in [4.69, 9.17) is 4.42 Å². The van der Waals surface area contributed by atoms with Crippen LogP contribution in [0, 0.1) is 66.1 Å². The van der Waals surface area contributed by atoms with E-state index in [2.05, 4.69) is 71.7 Å². The molecule has 1 aliphatic heterocycles. The molecule has 3 aliphatic carbocycles. The van der Waals surface area contributed by atoms with Gasteiger partial charge in [-0.25, -0.2) is 0 Å². The van der Waals surface area contributed by atoms with Crippen LogP contribution >= 0.6 is 0 Å². The Labute approximate surface area is 262 Å². The lowest BCUT2D eigenvalue weighted by molar-refractivity contribution is -0.142. The van der Waals surface area contributed by atoms with Gasteiger partial charge >= 0.3 is 0 Å². The maximum absolute atomic E-state index is 12.9. The number of hydrogen-bond donors (Lipinski definition) is 1. The Kier molecular flexibility index (Phi) is 9.97. The number of fused-ring (bicyclic) bond motifs is 1. The minimum Gasteiger partial charge on any atom is -0.461 e. The highest BCUT2D eigenvalue weighted by Gasteiger charge is 2.64. The molecule has 5 rings (SSSR count). The Balaban J connectivity index is 1.44. The Morgan fingerprint density at radius 3 is 2.70 bits per heavy atom. The number of furan rings is 1. The van der Waals surface area contributed by atoms with E-state index in [1.807, 2.05) is 19.1 Å². The number of carbonyl (C=O) groups excluding carboxylic acids is 1. The number of allylic oxidation sites excluding steroid dienone is 4. The van der Waals surface area contributed by atoms with Gasteiger partial charge in [0.25, 0.3) is 0 Å². The van der Waals surface area contributed by atoms with Crippen molar-refractivity contribution in [2.24, 2.45) is 47.3 Å². The normalized spacial score (nSPS) is 28.8. The summed E-state index contributed by atoms with van der Waals surface area (Å²) < 4.78 is 5.50. The molecule has 2 saturated carbocycles. The van der Waals surface area contributed by atoms with Gasteiger partial charge in [-0.05, 0) is 136 Å². The van der Waals surface area contributed by atoms with E-state index < -0.39 is 0 Å². The topological polar surface area (TPSA) is 42.2 Å². The van der Waals surface area contributed by atoms with Crippen molar-refractivity contribution in [3.8, 4) is 11.8 Å². The Hall–Kier alpha value is -2.31. The second-order valence-electron chi connectivity index (χ2n) is 15.5. The van der Waals surface area contributed by atoms with Crippen molar-refractivity contribution >= 4 is 5.78 Å². The number of aryl methyl sites for hydroxylation is 1. The first-order valence-electron chi connectivity index (χ1n) is 17.5. The molecule has 2 heterocycles. The minimum atomic E-state index is 0.0896. The van der Waals surface area contributed by atoms with Crippen molar-refractivity contribution in [2.45, 2.75) is 119 Å². The summed E-state index contributed by atoms with van der Waals surface area (Å²) in [6.45, 7) is 19.4. The van der Waals surface area contributed by atoms with Crippen LogP contribution in [0.4, 0.5) is 0 Å². The largest absolute Gasteiger partial charge is 0.461 e. The Morgan fingerprint density at radius 1 is 1.23 bits per heavy atom. The molecule has 4 aliphatic rings. The van der Waals surface area contributed by atoms with E-state index in [1.54, 1.807) is 23.0 Å². The van der Waals surface area contributed by atoms with Gasteiger partial charge in [-0.15, -0.1) is 0 Å². The summed E-state index contributed by atoms with van der Waals surface area (Å²) >= 11 is 0.